The highest BCUT2D eigenvalue weighted by Gasteiger charge is 2.20. The third-order valence-electron chi connectivity index (χ3n) is 4.41. The van der Waals surface area contributed by atoms with Crippen LogP contribution in [0.4, 0.5) is 0 Å². The summed E-state index contributed by atoms with van der Waals surface area (Å²) in [5.74, 6) is -0.482. The number of hydrogen-bond donors (Lipinski definition) is 1. The minimum absolute atomic E-state index is 0.255. The van der Waals surface area contributed by atoms with Gasteiger partial charge in [0.05, 0.1) is 17.2 Å². The van der Waals surface area contributed by atoms with E-state index in [9.17, 15) is 4.79 Å². The molecule has 3 heterocycles. The number of rotatable bonds is 7. The first-order valence-corrected chi connectivity index (χ1v) is 10.2. The van der Waals surface area contributed by atoms with Gasteiger partial charge in [-0.3, -0.25) is 9.48 Å². The van der Waals surface area contributed by atoms with E-state index < -0.39 is 5.91 Å². The van der Waals surface area contributed by atoms with Crippen molar-refractivity contribution >= 4 is 39.1 Å². The van der Waals surface area contributed by atoms with Crippen LogP contribution in [0.3, 0.4) is 0 Å². The Balaban J connectivity index is 1.69. The van der Waals surface area contributed by atoms with Crippen molar-refractivity contribution < 1.29 is 9.53 Å². The maximum absolute atomic E-state index is 11.8. The lowest BCUT2D eigenvalue weighted by atomic mass is 10.1. The average molecular weight is 428 g/mol. The number of carbonyl (C=O) groups is 1. The Morgan fingerprint density at radius 1 is 1.31 bits per heavy atom. The molecule has 2 N–H and O–H groups in total. The van der Waals surface area contributed by atoms with Crippen LogP contribution < -0.4 is 10.5 Å². The number of benzene rings is 1. The van der Waals surface area contributed by atoms with E-state index in [1.165, 1.54) is 11.3 Å². The Labute approximate surface area is 176 Å². The molecule has 0 fully saturated rings. The van der Waals surface area contributed by atoms with Gasteiger partial charge in [-0.05, 0) is 30.7 Å². The lowest BCUT2D eigenvalue weighted by molar-refractivity contribution is 0.100. The number of ether oxygens (including phenoxy) is 1. The van der Waals surface area contributed by atoms with Crippen molar-refractivity contribution in [1.82, 2.24) is 19.7 Å². The molecule has 0 radical (unpaired) electrons. The maximum atomic E-state index is 11.8. The summed E-state index contributed by atoms with van der Waals surface area (Å²) in [6.45, 7) is 3.02. The van der Waals surface area contributed by atoms with E-state index in [2.05, 4.69) is 15.1 Å². The molecule has 0 bridgehead atoms. The monoisotopic (exact) mass is 427 g/mol. The molecule has 7 nitrogen and oxygen atoms in total. The standard InChI is InChI=1S/C20H18ClN5O2S/c1-12-15-16(13-5-2-6-14(21)11-13)24-20(25-19(15)29-17(12)18(22)27)28-10-4-9-26-8-3-7-23-26/h2-3,5-8,11H,4,9-10H2,1H3,(H2,22,27). The first kappa shape index (κ1) is 19.4. The van der Waals surface area contributed by atoms with Gasteiger partial charge in [0.15, 0.2) is 0 Å². The van der Waals surface area contributed by atoms with Gasteiger partial charge in [-0.25, -0.2) is 0 Å². The second-order valence-corrected chi connectivity index (χ2v) is 7.87. The number of halogens is 1. The Hall–Kier alpha value is -2.97. The molecule has 0 atom stereocenters. The molecule has 0 aliphatic rings. The lowest BCUT2D eigenvalue weighted by Crippen LogP contribution is -2.09. The number of hydrogen-bond acceptors (Lipinski definition) is 6. The van der Waals surface area contributed by atoms with Gasteiger partial charge in [-0.15, -0.1) is 11.3 Å². The first-order chi connectivity index (χ1) is 14.0. The summed E-state index contributed by atoms with van der Waals surface area (Å²) in [5.41, 5.74) is 7.79. The molecule has 0 saturated carbocycles. The molecule has 9 heteroatoms. The predicted octanol–water partition coefficient (Wildman–Crippen LogP) is 4.08. The fraction of sp³-hybridized carbons (Fsp3) is 0.200. The predicted molar refractivity (Wildman–Crippen MR) is 113 cm³/mol. The zero-order chi connectivity index (χ0) is 20.4. The van der Waals surface area contributed by atoms with Crippen LogP contribution in [-0.2, 0) is 6.54 Å². The molecular formula is C20H18ClN5O2S. The van der Waals surface area contributed by atoms with Crippen molar-refractivity contribution in [2.24, 2.45) is 5.73 Å². The average Bonchev–Trinajstić information content (AvgIpc) is 3.33. The summed E-state index contributed by atoms with van der Waals surface area (Å²) < 4.78 is 7.65. The van der Waals surface area contributed by atoms with Gasteiger partial charge in [0.25, 0.3) is 5.91 Å². The molecular weight excluding hydrogens is 410 g/mol. The Morgan fingerprint density at radius 3 is 2.90 bits per heavy atom. The van der Waals surface area contributed by atoms with Crippen LogP contribution in [0.15, 0.2) is 42.7 Å². The maximum Gasteiger partial charge on any atom is 0.318 e. The van der Waals surface area contributed by atoms with Gasteiger partial charge in [-0.1, -0.05) is 23.7 Å². The largest absolute Gasteiger partial charge is 0.463 e. The summed E-state index contributed by atoms with van der Waals surface area (Å²) in [6.07, 6.45) is 4.40. The molecule has 4 rings (SSSR count). The number of thiophene rings is 1. The van der Waals surface area contributed by atoms with Crippen molar-refractivity contribution in [3.63, 3.8) is 0 Å². The zero-order valence-corrected chi connectivity index (χ0v) is 17.2. The van der Waals surface area contributed by atoms with Gasteiger partial charge >= 0.3 is 6.01 Å². The third-order valence-corrected chi connectivity index (χ3v) is 5.85. The molecule has 0 unspecified atom stereocenters. The topological polar surface area (TPSA) is 95.9 Å². The van der Waals surface area contributed by atoms with Gasteiger partial charge in [0.1, 0.15) is 4.83 Å². The van der Waals surface area contributed by atoms with Crippen LogP contribution in [0.2, 0.25) is 5.02 Å². The Bertz CT molecular complexity index is 1170. The molecule has 4 aromatic rings. The van der Waals surface area contributed by atoms with E-state index in [1.54, 1.807) is 12.3 Å². The number of aryl methyl sites for hydroxylation is 2. The second-order valence-electron chi connectivity index (χ2n) is 6.44. The number of carbonyl (C=O) groups excluding carboxylic acids is 1. The van der Waals surface area contributed by atoms with Gasteiger partial charge < -0.3 is 10.5 Å². The molecule has 29 heavy (non-hydrogen) atoms. The van der Waals surface area contributed by atoms with Crippen molar-refractivity contribution in [2.45, 2.75) is 19.9 Å². The smallest absolute Gasteiger partial charge is 0.318 e. The quantitative estimate of drug-likeness (QED) is 0.448. The summed E-state index contributed by atoms with van der Waals surface area (Å²) in [5, 5.41) is 5.55. The normalized spacial score (nSPS) is 11.1. The highest BCUT2D eigenvalue weighted by molar-refractivity contribution is 7.20. The van der Waals surface area contributed by atoms with Crippen molar-refractivity contribution in [2.75, 3.05) is 6.61 Å². The van der Waals surface area contributed by atoms with Crippen LogP contribution in [0.1, 0.15) is 21.7 Å². The zero-order valence-electron chi connectivity index (χ0n) is 15.6. The van der Waals surface area contributed by atoms with E-state index in [0.29, 0.717) is 27.0 Å². The first-order valence-electron chi connectivity index (χ1n) is 9.00. The molecule has 148 valence electrons. The minimum atomic E-state index is -0.482. The van der Waals surface area contributed by atoms with E-state index in [-0.39, 0.29) is 6.01 Å². The number of aromatic nitrogens is 4. The summed E-state index contributed by atoms with van der Waals surface area (Å²) in [4.78, 5) is 22.1. The summed E-state index contributed by atoms with van der Waals surface area (Å²) in [6, 6.07) is 9.52. The van der Waals surface area contributed by atoms with E-state index in [4.69, 9.17) is 22.1 Å². The van der Waals surface area contributed by atoms with Gasteiger partial charge in [-0.2, -0.15) is 15.1 Å². The molecule has 0 aliphatic carbocycles. The Kier molecular flexibility index (Phi) is 5.46. The molecule has 1 amide bonds. The molecule has 0 spiro atoms. The van der Waals surface area contributed by atoms with Gasteiger partial charge in [0, 0.05) is 41.3 Å². The lowest BCUT2D eigenvalue weighted by Gasteiger charge is -2.09. The van der Waals surface area contributed by atoms with Crippen LogP contribution in [-0.4, -0.2) is 32.3 Å². The molecule has 3 aromatic heterocycles. The summed E-state index contributed by atoms with van der Waals surface area (Å²) in [7, 11) is 0. The highest BCUT2D eigenvalue weighted by Crippen LogP contribution is 2.37. The number of nitrogens with zero attached hydrogens (tertiary/aromatic N) is 4. The Morgan fingerprint density at radius 2 is 2.17 bits per heavy atom. The van der Waals surface area contributed by atoms with Crippen LogP contribution >= 0.6 is 22.9 Å². The number of primary amides is 1. The molecule has 0 saturated heterocycles. The van der Waals surface area contributed by atoms with Crippen molar-refractivity contribution in [3.8, 4) is 17.3 Å². The SMILES string of the molecule is Cc1c(C(N)=O)sc2nc(OCCCn3cccn3)nc(-c3cccc(Cl)c3)c12. The third kappa shape index (κ3) is 4.08. The molecule has 1 aromatic carbocycles. The van der Waals surface area contributed by atoms with Gasteiger partial charge in [0.2, 0.25) is 0 Å². The van der Waals surface area contributed by atoms with Crippen molar-refractivity contribution in [1.29, 1.82) is 0 Å². The van der Waals surface area contributed by atoms with Crippen molar-refractivity contribution in [3.05, 3.63) is 58.2 Å². The van der Waals surface area contributed by atoms with E-state index in [0.717, 1.165) is 29.5 Å². The van der Waals surface area contributed by atoms with E-state index in [1.807, 2.05) is 42.1 Å². The minimum Gasteiger partial charge on any atom is -0.463 e. The molecule has 0 aliphatic heterocycles. The summed E-state index contributed by atoms with van der Waals surface area (Å²) >= 11 is 7.42. The van der Waals surface area contributed by atoms with Crippen LogP contribution in [0.5, 0.6) is 6.01 Å². The number of amides is 1. The second kappa shape index (κ2) is 8.18. The van der Waals surface area contributed by atoms with Crippen LogP contribution in [0, 0.1) is 6.92 Å². The van der Waals surface area contributed by atoms with E-state index >= 15 is 0 Å². The number of fused-ring (bicyclic) bond motifs is 1. The number of nitrogens with two attached hydrogens (primary N) is 1. The van der Waals surface area contributed by atoms with Crippen LogP contribution in [0.25, 0.3) is 21.5 Å². The fourth-order valence-corrected chi connectivity index (χ4v) is 4.30. The fourth-order valence-electron chi connectivity index (χ4n) is 3.09. The highest BCUT2D eigenvalue weighted by atomic mass is 35.5.